The summed E-state index contributed by atoms with van der Waals surface area (Å²) in [4.78, 5) is 15.5. The van der Waals surface area contributed by atoms with Crippen molar-refractivity contribution < 1.29 is 24.1 Å². The molecule has 1 N–H and O–H groups in total. The van der Waals surface area contributed by atoms with Crippen LogP contribution in [0.15, 0.2) is 70.1 Å². The summed E-state index contributed by atoms with van der Waals surface area (Å²) in [6.45, 7) is 2.84. The van der Waals surface area contributed by atoms with Crippen molar-refractivity contribution in [2.75, 3.05) is 13.7 Å². The van der Waals surface area contributed by atoms with Gasteiger partial charge in [-0.3, -0.25) is 4.99 Å². The van der Waals surface area contributed by atoms with Crippen LogP contribution in [0.2, 0.25) is 0 Å². The van der Waals surface area contributed by atoms with Crippen LogP contribution in [0, 0.1) is 0 Å². The molecular weight excluding hydrogens is 462 g/mol. The molecule has 0 aliphatic heterocycles. The Morgan fingerprint density at radius 3 is 2.39 bits per heavy atom. The molecule has 0 saturated carbocycles. The van der Waals surface area contributed by atoms with Gasteiger partial charge in [0.15, 0.2) is 11.5 Å². The quantitative estimate of drug-likeness (QED) is 0.384. The number of nitrogens with zero attached hydrogens (tertiary/aromatic N) is 1. The zero-order chi connectivity index (χ0) is 22.2. The van der Waals surface area contributed by atoms with Gasteiger partial charge >= 0.3 is 5.97 Å². The van der Waals surface area contributed by atoms with Crippen LogP contribution in [0.1, 0.15) is 28.4 Å². The molecule has 0 heterocycles. The van der Waals surface area contributed by atoms with Gasteiger partial charge in [0.1, 0.15) is 12.4 Å². The van der Waals surface area contributed by atoms with Crippen molar-refractivity contribution in [3.63, 3.8) is 0 Å². The molecule has 0 radical (unpaired) electrons. The van der Waals surface area contributed by atoms with Crippen molar-refractivity contribution in [1.82, 2.24) is 0 Å². The van der Waals surface area contributed by atoms with Crippen LogP contribution in [0.3, 0.4) is 0 Å². The molecule has 7 heteroatoms. The second kappa shape index (κ2) is 10.6. The lowest BCUT2D eigenvalue weighted by atomic mass is 10.1. The van der Waals surface area contributed by atoms with Gasteiger partial charge in [0.25, 0.3) is 0 Å². The first-order valence-corrected chi connectivity index (χ1v) is 10.4. The van der Waals surface area contributed by atoms with E-state index in [1.54, 1.807) is 37.6 Å². The van der Waals surface area contributed by atoms with Gasteiger partial charge in [0, 0.05) is 6.21 Å². The highest BCUT2D eigenvalue weighted by atomic mass is 79.9. The number of carboxylic acids is 1. The van der Waals surface area contributed by atoms with E-state index in [2.05, 4.69) is 20.9 Å². The highest BCUT2D eigenvalue weighted by Gasteiger charge is 2.12. The van der Waals surface area contributed by atoms with Crippen molar-refractivity contribution in [2.45, 2.75) is 13.5 Å². The van der Waals surface area contributed by atoms with E-state index >= 15 is 0 Å². The summed E-state index contributed by atoms with van der Waals surface area (Å²) in [5.74, 6) is 0.969. The van der Waals surface area contributed by atoms with Gasteiger partial charge in [-0.1, -0.05) is 12.1 Å². The number of hydrogen-bond donors (Lipinski definition) is 1. The Hall–Kier alpha value is -3.32. The number of carbonyl (C=O) groups is 1. The summed E-state index contributed by atoms with van der Waals surface area (Å²) in [6.07, 6.45) is 1.75. The molecule has 3 rings (SSSR count). The monoisotopic (exact) mass is 483 g/mol. The molecule has 0 aliphatic rings. The molecule has 0 saturated heterocycles. The van der Waals surface area contributed by atoms with Gasteiger partial charge in [-0.05, 0) is 82.5 Å². The SMILES string of the molecule is CCOc1ccc(N=Cc2cc(Br)c(OCc3ccc(C(=O)O)cc3)c(OC)c2)cc1. The first-order chi connectivity index (χ1) is 15.0. The van der Waals surface area contributed by atoms with Crippen LogP contribution in [0.25, 0.3) is 0 Å². The van der Waals surface area contributed by atoms with Crippen LogP contribution in [-0.4, -0.2) is 31.0 Å². The molecule has 0 atom stereocenters. The smallest absolute Gasteiger partial charge is 0.335 e. The van der Waals surface area contributed by atoms with Crippen LogP contribution in [0.5, 0.6) is 17.2 Å². The zero-order valence-electron chi connectivity index (χ0n) is 17.2. The Labute approximate surface area is 189 Å². The molecule has 0 bridgehead atoms. The second-order valence-electron chi connectivity index (χ2n) is 6.51. The summed E-state index contributed by atoms with van der Waals surface area (Å²) in [5.41, 5.74) is 2.73. The molecule has 3 aromatic carbocycles. The number of halogens is 1. The van der Waals surface area contributed by atoms with Crippen LogP contribution < -0.4 is 14.2 Å². The Morgan fingerprint density at radius 2 is 1.77 bits per heavy atom. The van der Waals surface area contributed by atoms with E-state index in [1.165, 1.54) is 0 Å². The molecule has 0 unspecified atom stereocenters. The molecule has 0 aliphatic carbocycles. The summed E-state index contributed by atoms with van der Waals surface area (Å²) < 4.78 is 17.6. The predicted octanol–water partition coefficient (Wildman–Crippen LogP) is 5.88. The second-order valence-corrected chi connectivity index (χ2v) is 7.36. The fourth-order valence-corrected chi connectivity index (χ4v) is 3.37. The number of aromatic carboxylic acids is 1. The zero-order valence-corrected chi connectivity index (χ0v) is 18.8. The maximum atomic E-state index is 11.0. The lowest BCUT2D eigenvalue weighted by Crippen LogP contribution is -2.01. The lowest BCUT2D eigenvalue weighted by Gasteiger charge is -2.13. The fourth-order valence-electron chi connectivity index (χ4n) is 2.80. The average Bonchev–Trinajstić information content (AvgIpc) is 2.78. The predicted molar refractivity (Wildman–Crippen MR) is 123 cm³/mol. The maximum absolute atomic E-state index is 11.0. The van der Waals surface area contributed by atoms with Crippen molar-refractivity contribution >= 4 is 33.8 Å². The van der Waals surface area contributed by atoms with Crippen molar-refractivity contribution in [1.29, 1.82) is 0 Å². The highest BCUT2D eigenvalue weighted by molar-refractivity contribution is 9.10. The van der Waals surface area contributed by atoms with E-state index in [0.717, 1.165) is 27.0 Å². The third kappa shape index (κ3) is 6.08. The van der Waals surface area contributed by atoms with Gasteiger partial charge in [0.2, 0.25) is 0 Å². The lowest BCUT2D eigenvalue weighted by molar-refractivity contribution is 0.0697. The number of aliphatic imine (C=N–C) groups is 1. The Kier molecular flexibility index (Phi) is 7.67. The van der Waals surface area contributed by atoms with E-state index in [-0.39, 0.29) is 12.2 Å². The number of carboxylic acid groups (broad SMARTS) is 1. The van der Waals surface area contributed by atoms with E-state index in [9.17, 15) is 4.79 Å². The molecule has 3 aromatic rings. The summed E-state index contributed by atoms with van der Waals surface area (Å²) in [5, 5.41) is 8.99. The van der Waals surface area contributed by atoms with Crippen LogP contribution in [-0.2, 0) is 6.61 Å². The summed E-state index contributed by atoms with van der Waals surface area (Å²) in [6, 6.07) is 17.8. The van der Waals surface area contributed by atoms with Gasteiger partial charge in [-0.2, -0.15) is 0 Å². The average molecular weight is 484 g/mol. The van der Waals surface area contributed by atoms with Gasteiger partial charge in [-0.15, -0.1) is 0 Å². The molecule has 0 aromatic heterocycles. The third-order valence-corrected chi connectivity index (χ3v) is 4.94. The van der Waals surface area contributed by atoms with Gasteiger partial charge in [-0.25, -0.2) is 4.79 Å². The Balaban J connectivity index is 1.72. The van der Waals surface area contributed by atoms with Crippen molar-refractivity contribution in [3.8, 4) is 17.2 Å². The molecule has 0 fully saturated rings. The Morgan fingerprint density at radius 1 is 1.06 bits per heavy atom. The first kappa shape index (κ1) is 22.4. The number of rotatable bonds is 9. The minimum atomic E-state index is -0.959. The molecule has 0 spiro atoms. The molecule has 0 amide bonds. The van der Waals surface area contributed by atoms with E-state index < -0.39 is 5.97 Å². The van der Waals surface area contributed by atoms with E-state index in [0.29, 0.717) is 18.1 Å². The number of hydrogen-bond acceptors (Lipinski definition) is 5. The normalized spacial score (nSPS) is 10.8. The fraction of sp³-hybridized carbons (Fsp3) is 0.167. The van der Waals surface area contributed by atoms with E-state index in [4.69, 9.17) is 19.3 Å². The minimum Gasteiger partial charge on any atom is -0.494 e. The number of ether oxygens (including phenoxy) is 3. The molecular formula is C24H22BrNO5. The van der Waals surface area contributed by atoms with Crippen LogP contribution in [0.4, 0.5) is 5.69 Å². The topological polar surface area (TPSA) is 77.4 Å². The molecule has 6 nitrogen and oxygen atoms in total. The number of benzene rings is 3. The van der Waals surface area contributed by atoms with Gasteiger partial charge in [0.05, 0.1) is 29.4 Å². The Bertz CT molecular complexity index is 1060. The van der Waals surface area contributed by atoms with Gasteiger partial charge < -0.3 is 19.3 Å². The third-order valence-electron chi connectivity index (χ3n) is 4.35. The molecule has 31 heavy (non-hydrogen) atoms. The largest absolute Gasteiger partial charge is 0.494 e. The highest BCUT2D eigenvalue weighted by Crippen LogP contribution is 2.37. The maximum Gasteiger partial charge on any atom is 0.335 e. The van der Waals surface area contributed by atoms with Crippen molar-refractivity contribution in [2.24, 2.45) is 4.99 Å². The summed E-state index contributed by atoms with van der Waals surface area (Å²) >= 11 is 3.54. The molecule has 160 valence electrons. The van der Waals surface area contributed by atoms with Crippen molar-refractivity contribution in [3.05, 3.63) is 81.8 Å². The van der Waals surface area contributed by atoms with Crippen LogP contribution >= 0.6 is 15.9 Å². The minimum absolute atomic E-state index is 0.235. The van der Waals surface area contributed by atoms with E-state index in [1.807, 2.05) is 43.3 Å². The first-order valence-electron chi connectivity index (χ1n) is 9.59. The number of methoxy groups -OCH3 is 1. The summed E-state index contributed by atoms with van der Waals surface area (Å²) in [7, 11) is 1.57. The standard InChI is InChI=1S/C24H22BrNO5/c1-3-30-20-10-8-19(9-11-20)26-14-17-12-21(25)23(22(13-17)29-2)31-15-16-4-6-18(7-5-16)24(27)28/h4-14H,3,15H2,1-2H3,(H,27,28).